The van der Waals surface area contributed by atoms with Crippen molar-refractivity contribution in [3.63, 3.8) is 0 Å². The summed E-state index contributed by atoms with van der Waals surface area (Å²) in [4.78, 5) is 0. The normalized spacial score (nSPS) is 9.25. The quantitative estimate of drug-likeness (QED) is 0.318. The number of anilines is 3. The van der Waals surface area contributed by atoms with E-state index in [1.807, 2.05) is 6.07 Å². The number of benzene rings is 1. The molecule has 0 saturated carbocycles. The second-order valence-corrected chi connectivity index (χ2v) is 2.30. The third-order valence-corrected chi connectivity index (χ3v) is 1.53. The van der Waals surface area contributed by atoms with Crippen molar-refractivity contribution in [2.75, 3.05) is 17.2 Å². The molecule has 0 aliphatic rings. The molecule has 62 valence electrons. The van der Waals surface area contributed by atoms with Gasteiger partial charge in [-0.1, -0.05) is 0 Å². The summed E-state index contributed by atoms with van der Waals surface area (Å²) in [5.41, 5.74) is 16.3. The molecule has 0 heterocycles. The Kier molecular flexibility index (Phi) is 1.67. The Morgan fingerprint density at radius 3 is 2.33 bits per heavy atom. The molecular weight excluding hydrogens is 156 g/mol. The lowest BCUT2D eigenvalue weighted by Gasteiger charge is -2.06. The molecule has 1 aromatic rings. The van der Waals surface area contributed by atoms with Crippen LogP contribution in [-0.2, 0) is 0 Å². The maximum atomic E-state index is 9.17. The molecule has 5 nitrogen and oxygen atoms in total. The van der Waals surface area contributed by atoms with Crippen LogP contribution < -0.4 is 17.2 Å². The van der Waals surface area contributed by atoms with Crippen LogP contribution in [0.4, 0.5) is 17.1 Å². The van der Waals surface area contributed by atoms with Gasteiger partial charge in [0.2, 0.25) is 0 Å². The highest BCUT2D eigenvalue weighted by atomic mass is 16.3. The first-order valence-electron chi connectivity index (χ1n) is 3.14. The zero-order valence-electron chi connectivity index (χ0n) is 6.20. The van der Waals surface area contributed by atoms with Crippen LogP contribution in [0.3, 0.4) is 0 Å². The summed E-state index contributed by atoms with van der Waals surface area (Å²) in [5, 5.41) is 17.7. The predicted octanol–water partition coefficient (Wildman–Crippen LogP) is 0.0105. The smallest absolute Gasteiger partial charge is 0.163 e. The molecule has 7 N–H and O–H groups in total. The van der Waals surface area contributed by atoms with Gasteiger partial charge in [-0.2, -0.15) is 5.26 Å². The monoisotopic (exact) mass is 164 g/mol. The van der Waals surface area contributed by atoms with Gasteiger partial charge in [-0.25, -0.2) is 0 Å². The van der Waals surface area contributed by atoms with Crippen LogP contribution >= 0.6 is 0 Å². The number of nitriles is 1. The molecule has 1 aromatic carbocycles. The first kappa shape index (κ1) is 8.01. The van der Waals surface area contributed by atoms with Gasteiger partial charge in [0, 0.05) is 0 Å². The molecule has 0 aromatic heterocycles. The van der Waals surface area contributed by atoms with Gasteiger partial charge in [-0.3, -0.25) is 0 Å². The fourth-order valence-electron chi connectivity index (χ4n) is 0.822. The van der Waals surface area contributed by atoms with Crippen LogP contribution in [0.1, 0.15) is 5.56 Å². The van der Waals surface area contributed by atoms with E-state index in [2.05, 4.69) is 0 Å². The SMILES string of the molecule is N#Cc1cc(N)c(O)c(N)c1N. The Hall–Kier alpha value is -2.09. The van der Waals surface area contributed by atoms with Crippen LogP contribution in [0, 0.1) is 11.3 Å². The third-order valence-electron chi connectivity index (χ3n) is 1.53. The summed E-state index contributed by atoms with van der Waals surface area (Å²) in [6.45, 7) is 0. The molecule has 0 amide bonds. The van der Waals surface area contributed by atoms with Crippen molar-refractivity contribution in [3.8, 4) is 11.8 Å². The average molecular weight is 164 g/mol. The van der Waals surface area contributed by atoms with Crippen molar-refractivity contribution in [3.05, 3.63) is 11.6 Å². The molecular formula is C7H8N4O. The first-order valence-corrected chi connectivity index (χ1v) is 3.14. The molecule has 0 aliphatic heterocycles. The number of nitrogen functional groups attached to an aromatic ring is 3. The lowest BCUT2D eigenvalue weighted by atomic mass is 10.1. The number of nitrogens with zero attached hydrogens (tertiary/aromatic N) is 1. The van der Waals surface area contributed by atoms with Crippen molar-refractivity contribution in [1.82, 2.24) is 0 Å². The molecule has 0 unspecified atom stereocenters. The van der Waals surface area contributed by atoms with E-state index < -0.39 is 0 Å². The number of aromatic hydroxyl groups is 1. The molecule has 0 saturated heterocycles. The van der Waals surface area contributed by atoms with Gasteiger partial charge in [-0.05, 0) is 6.07 Å². The van der Waals surface area contributed by atoms with Gasteiger partial charge in [0.25, 0.3) is 0 Å². The summed E-state index contributed by atoms with van der Waals surface area (Å²) in [6.07, 6.45) is 0. The van der Waals surface area contributed by atoms with Gasteiger partial charge in [0.1, 0.15) is 11.8 Å². The summed E-state index contributed by atoms with van der Waals surface area (Å²) < 4.78 is 0. The van der Waals surface area contributed by atoms with Crippen LogP contribution in [0.5, 0.6) is 5.75 Å². The summed E-state index contributed by atoms with van der Waals surface area (Å²) >= 11 is 0. The second-order valence-electron chi connectivity index (χ2n) is 2.30. The molecule has 0 spiro atoms. The van der Waals surface area contributed by atoms with E-state index in [9.17, 15) is 0 Å². The van der Waals surface area contributed by atoms with E-state index in [1.165, 1.54) is 6.07 Å². The van der Waals surface area contributed by atoms with Crippen molar-refractivity contribution >= 4 is 17.1 Å². The van der Waals surface area contributed by atoms with Crippen LogP contribution in [-0.4, -0.2) is 5.11 Å². The maximum absolute atomic E-state index is 9.17. The maximum Gasteiger partial charge on any atom is 0.163 e. The molecule has 12 heavy (non-hydrogen) atoms. The van der Waals surface area contributed by atoms with Crippen LogP contribution in [0.15, 0.2) is 6.07 Å². The number of rotatable bonds is 0. The third kappa shape index (κ3) is 0.953. The first-order chi connectivity index (χ1) is 5.57. The minimum Gasteiger partial charge on any atom is -0.504 e. The van der Waals surface area contributed by atoms with Crippen molar-refractivity contribution in [2.24, 2.45) is 0 Å². The average Bonchev–Trinajstić information content (AvgIpc) is 2.08. The number of nitrogens with two attached hydrogens (primary N) is 3. The second kappa shape index (κ2) is 2.51. The molecule has 0 radical (unpaired) electrons. The molecule has 1 rings (SSSR count). The highest BCUT2D eigenvalue weighted by Crippen LogP contribution is 2.34. The van der Waals surface area contributed by atoms with Crippen molar-refractivity contribution in [2.45, 2.75) is 0 Å². The highest BCUT2D eigenvalue weighted by molar-refractivity contribution is 5.83. The molecule has 0 bridgehead atoms. The summed E-state index contributed by atoms with van der Waals surface area (Å²) in [5.74, 6) is -0.272. The molecule has 0 aliphatic carbocycles. The van der Waals surface area contributed by atoms with E-state index in [0.717, 1.165) is 0 Å². The Bertz CT molecular complexity index is 367. The topological polar surface area (TPSA) is 122 Å². The fourth-order valence-corrected chi connectivity index (χ4v) is 0.822. The van der Waals surface area contributed by atoms with E-state index >= 15 is 0 Å². The summed E-state index contributed by atoms with van der Waals surface area (Å²) in [6, 6.07) is 3.09. The zero-order valence-corrected chi connectivity index (χ0v) is 6.20. The highest BCUT2D eigenvalue weighted by Gasteiger charge is 2.10. The van der Waals surface area contributed by atoms with Crippen molar-refractivity contribution < 1.29 is 5.11 Å². The van der Waals surface area contributed by atoms with Crippen molar-refractivity contribution in [1.29, 1.82) is 5.26 Å². The number of phenols is 1. The predicted molar refractivity (Wildman–Crippen MR) is 46.1 cm³/mol. The number of phenolic OH excluding ortho intramolecular Hbond substituents is 1. The Morgan fingerprint density at radius 2 is 1.83 bits per heavy atom. The molecule has 0 fully saturated rings. The fraction of sp³-hybridized carbons (Fsp3) is 0. The number of hydrogen-bond acceptors (Lipinski definition) is 5. The largest absolute Gasteiger partial charge is 0.504 e. The molecule has 5 heteroatoms. The van der Waals surface area contributed by atoms with Crippen LogP contribution in [0.25, 0.3) is 0 Å². The Labute approximate surface area is 69.0 Å². The minimum absolute atomic E-state index is 0.0495. The van der Waals surface area contributed by atoms with E-state index in [1.54, 1.807) is 0 Å². The minimum atomic E-state index is -0.272. The van der Waals surface area contributed by atoms with Gasteiger partial charge >= 0.3 is 0 Å². The Balaban J connectivity index is 3.52. The van der Waals surface area contributed by atoms with Gasteiger partial charge in [-0.15, -0.1) is 0 Å². The standard InChI is InChI=1S/C7H8N4O/c8-2-3-1-4(9)7(12)6(11)5(3)10/h1,12H,9-11H2. The van der Waals surface area contributed by atoms with E-state index in [0.29, 0.717) is 0 Å². The summed E-state index contributed by atoms with van der Waals surface area (Å²) in [7, 11) is 0. The van der Waals surface area contributed by atoms with E-state index in [4.69, 9.17) is 27.6 Å². The zero-order chi connectivity index (χ0) is 9.30. The number of hydrogen-bond donors (Lipinski definition) is 4. The molecule has 0 atom stereocenters. The van der Waals surface area contributed by atoms with E-state index in [-0.39, 0.29) is 28.4 Å². The van der Waals surface area contributed by atoms with Gasteiger partial charge < -0.3 is 22.3 Å². The van der Waals surface area contributed by atoms with Gasteiger partial charge in [0.05, 0.1) is 16.9 Å². The van der Waals surface area contributed by atoms with Gasteiger partial charge in [0.15, 0.2) is 5.75 Å². The lowest BCUT2D eigenvalue weighted by molar-refractivity contribution is 0.481. The lowest BCUT2D eigenvalue weighted by Crippen LogP contribution is -2.00. The Morgan fingerprint density at radius 1 is 1.25 bits per heavy atom. The van der Waals surface area contributed by atoms with Crippen LogP contribution in [0.2, 0.25) is 0 Å².